The molecule has 0 aliphatic carbocycles. The summed E-state index contributed by atoms with van der Waals surface area (Å²) < 4.78 is 4.07. The van der Waals surface area contributed by atoms with Crippen LogP contribution in [-0.2, 0) is 9.53 Å². The molecule has 0 aromatic carbocycles. The molecule has 0 aromatic heterocycles. The monoisotopic (exact) mass is 138 g/mol. The van der Waals surface area contributed by atoms with Crippen LogP contribution in [0.1, 0.15) is 0 Å². The van der Waals surface area contributed by atoms with Crippen molar-refractivity contribution in [1.29, 1.82) is 0 Å². The highest BCUT2D eigenvalue weighted by atomic mass is 79.9. The fourth-order valence-electron chi connectivity index (χ4n) is 0.0257. The quantitative estimate of drug-likeness (QED) is 0.411. The van der Waals surface area contributed by atoms with Crippen molar-refractivity contribution in [3.63, 3.8) is 0 Å². The molecule has 0 aromatic rings. The second-order valence-electron chi connectivity index (χ2n) is 0.372. The maximum absolute atomic E-state index is 9.15. The topological polar surface area (TPSA) is 26.3 Å². The van der Waals surface area contributed by atoms with Gasteiger partial charge in [0.2, 0.25) is 0 Å². The van der Waals surface area contributed by atoms with E-state index in [1.165, 1.54) is 0 Å². The Bertz CT molecular complexity index is 28.8. The van der Waals surface area contributed by atoms with E-state index in [1.54, 1.807) is 0 Å². The zero-order valence-electron chi connectivity index (χ0n) is 2.48. The molecule has 0 aliphatic heterocycles. The summed E-state index contributed by atoms with van der Waals surface area (Å²) in [6.45, 7) is 0.384. The van der Waals surface area contributed by atoms with E-state index >= 15 is 0 Å². The van der Waals surface area contributed by atoms with E-state index in [2.05, 4.69) is 20.7 Å². The summed E-state index contributed by atoms with van der Waals surface area (Å²) in [6, 6.07) is 0. The summed E-state index contributed by atoms with van der Waals surface area (Å²) in [5.41, 5.74) is 0.288. The molecule has 0 amide bonds. The second-order valence-corrected chi connectivity index (χ2v) is 0.830. The molecule has 0 heterocycles. The molecule has 0 radical (unpaired) electrons. The van der Waals surface area contributed by atoms with Crippen molar-refractivity contribution < 1.29 is 9.53 Å². The second kappa shape index (κ2) is 3.95. The van der Waals surface area contributed by atoms with E-state index < -0.39 is 0 Å². The predicted molar refractivity (Wildman–Crippen MR) is 20.9 cm³/mol. The van der Waals surface area contributed by atoms with Crippen LogP contribution in [0.3, 0.4) is 0 Å². The van der Waals surface area contributed by atoms with Gasteiger partial charge in [0.15, 0.2) is 0 Å². The van der Waals surface area contributed by atoms with E-state index in [-0.39, 0.29) is 5.52 Å². The van der Waals surface area contributed by atoms with Crippen molar-refractivity contribution in [3.05, 3.63) is 0 Å². The van der Waals surface area contributed by atoms with E-state index in [9.17, 15) is 0 Å². The van der Waals surface area contributed by atoms with Gasteiger partial charge in [0.25, 0.3) is 6.47 Å². The lowest BCUT2D eigenvalue weighted by atomic mass is 11.5. The van der Waals surface area contributed by atoms with Gasteiger partial charge in [-0.2, -0.15) is 0 Å². The van der Waals surface area contributed by atoms with Crippen LogP contribution in [0.25, 0.3) is 0 Å². The van der Waals surface area contributed by atoms with Gasteiger partial charge in [-0.1, -0.05) is 0 Å². The number of halogens is 1. The largest absolute Gasteiger partial charge is 0.456 e. The highest BCUT2D eigenvalue weighted by Gasteiger charge is 1.62. The lowest BCUT2D eigenvalue weighted by Crippen LogP contribution is -1.76. The first-order valence-electron chi connectivity index (χ1n) is 1.03. The smallest absolute Gasteiger partial charge is 0.293 e. The lowest BCUT2D eigenvalue weighted by molar-refractivity contribution is -0.126. The summed E-state index contributed by atoms with van der Waals surface area (Å²) >= 11 is 2.86. The van der Waals surface area contributed by atoms with Gasteiger partial charge >= 0.3 is 0 Å². The maximum Gasteiger partial charge on any atom is 0.293 e. The minimum atomic E-state index is 0.288. The van der Waals surface area contributed by atoms with Crippen LogP contribution in [0.2, 0.25) is 0 Å². The van der Waals surface area contributed by atoms with Crippen molar-refractivity contribution >= 4 is 22.4 Å². The van der Waals surface area contributed by atoms with Crippen molar-refractivity contribution in [2.75, 3.05) is 5.52 Å². The average molecular weight is 139 g/mol. The van der Waals surface area contributed by atoms with Crippen LogP contribution in [0.15, 0.2) is 0 Å². The minimum absolute atomic E-state index is 0.288. The van der Waals surface area contributed by atoms with Gasteiger partial charge in [-0.15, -0.1) is 0 Å². The summed E-state index contributed by atoms with van der Waals surface area (Å²) in [7, 11) is 0. The Hall–Kier alpha value is -0.0500. The van der Waals surface area contributed by atoms with E-state index in [0.717, 1.165) is 0 Å². The first-order valence-corrected chi connectivity index (χ1v) is 2.15. The van der Waals surface area contributed by atoms with Crippen LogP contribution < -0.4 is 0 Å². The fraction of sp³-hybridized carbons (Fsp3) is 0.500. The molecule has 0 spiro atoms. The van der Waals surface area contributed by atoms with Gasteiger partial charge in [0, 0.05) is 0 Å². The summed E-state index contributed by atoms with van der Waals surface area (Å²) in [5.74, 6) is 0. The summed E-state index contributed by atoms with van der Waals surface area (Å²) in [4.78, 5) is 9.15. The van der Waals surface area contributed by atoms with E-state index in [1.807, 2.05) is 0 Å². The Kier molecular flexibility index (Phi) is 3.91. The molecule has 0 fully saturated rings. The van der Waals surface area contributed by atoms with Crippen molar-refractivity contribution in [2.45, 2.75) is 0 Å². The lowest BCUT2D eigenvalue weighted by Gasteiger charge is -1.77. The molecule has 0 aliphatic rings. The van der Waals surface area contributed by atoms with Gasteiger partial charge in [0.1, 0.15) is 5.52 Å². The SMILES string of the molecule is O=COCBr. The number of ether oxygens (including phenoxy) is 1. The number of carbonyl (C=O) groups is 1. The zero-order chi connectivity index (χ0) is 4.12. The molecule has 2 nitrogen and oxygen atoms in total. The van der Waals surface area contributed by atoms with Gasteiger partial charge in [-0.3, -0.25) is 4.79 Å². The minimum Gasteiger partial charge on any atom is -0.456 e. The standard InChI is InChI=1S/C2H3BrO2/c3-1-5-2-4/h2H,1H2. The zero-order valence-corrected chi connectivity index (χ0v) is 4.06. The first-order chi connectivity index (χ1) is 2.41. The van der Waals surface area contributed by atoms with Crippen molar-refractivity contribution in [2.24, 2.45) is 0 Å². The molecular formula is C2H3BrO2. The molecule has 5 heavy (non-hydrogen) atoms. The highest BCUT2D eigenvalue weighted by Crippen LogP contribution is 1.74. The third kappa shape index (κ3) is 3.95. The number of rotatable bonds is 2. The molecule has 0 N–H and O–H groups in total. The summed E-state index contributed by atoms with van der Waals surface area (Å²) in [6.07, 6.45) is 0. The van der Waals surface area contributed by atoms with Gasteiger partial charge in [-0.25, -0.2) is 0 Å². The van der Waals surface area contributed by atoms with Crippen LogP contribution in [0.4, 0.5) is 0 Å². The average Bonchev–Trinajstić information content (AvgIpc) is 1.41. The molecule has 0 saturated heterocycles. The first kappa shape index (κ1) is 4.95. The predicted octanol–water partition coefficient (Wildman–Crippen LogP) is 0.512. The number of hydrogen-bond donors (Lipinski definition) is 0. The molecule has 0 rings (SSSR count). The van der Waals surface area contributed by atoms with E-state index in [4.69, 9.17) is 4.79 Å². The van der Waals surface area contributed by atoms with E-state index in [0.29, 0.717) is 6.47 Å². The Balaban J connectivity index is 2.40. The molecule has 0 unspecified atom stereocenters. The number of alkyl halides is 1. The maximum atomic E-state index is 9.15. The highest BCUT2D eigenvalue weighted by molar-refractivity contribution is 9.09. The van der Waals surface area contributed by atoms with Crippen LogP contribution in [0.5, 0.6) is 0 Å². The summed E-state index contributed by atoms with van der Waals surface area (Å²) in [5, 5.41) is 0. The fourth-order valence-corrected chi connectivity index (χ4v) is 0.134. The molecular weight excluding hydrogens is 136 g/mol. The Morgan fingerprint density at radius 1 is 2.00 bits per heavy atom. The van der Waals surface area contributed by atoms with Crippen LogP contribution >= 0.6 is 15.9 Å². The van der Waals surface area contributed by atoms with Crippen LogP contribution in [-0.4, -0.2) is 12.0 Å². The molecule has 0 atom stereocenters. The third-order valence-corrected chi connectivity index (χ3v) is 0.395. The van der Waals surface area contributed by atoms with Crippen LogP contribution in [0, 0.1) is 0 Å². The van der Waals surface area contributed by atoms with Gasteiger partial charge in [0.05, 0.1) is 0 Å². The molecule has 0 bridgehead atoms. The molecule has 30 valence electrons. The normalized spacial score (nSPS) is 6.60. The van der Waals surface area contributed by atoms with Crippen molar-refractivity contribution in [1.82, 2.24) is 0 Å². The Morgan fingerprint density at radius 2 is 2.60 bits per heavy atom. The molecule has 0 saturated carbocycles. The third-order valence-electron chi connectivity index (χ3n) is 0.131. The van der Waals surface area contributed by atoms with Gasteiger partial charge in [-0.05, 0) is 15.9 Å². The number of hydrogen-bond acceptors (Lipinski definition) is 2. The molecule has 3 heteroatoms. The van der Waals surface area contributed by atoms with Gasteiger partial charge < -0.3 is 4.74 Å². The Labute approximate surface area is 38.2 Å². The Morgan fingerprint density at radius 3 is 2.60 bits per heavy atom. The van der Waals surface area contributed by atoms with Crippen molar-refractivity contribution in [3.8, 4) is 0 Å². The number of carbonyl (C=O) groups excluding carboxylic acids is 1.